The van der Waals surface area contributed by atoms with Gasteiger partial charge in [0.15, 0.2) is 5.82 Å². The van der Waals surface area contributed by atoms with Gasteiger partial charge in [0.2, 0.25) is 0 Å². The van der Waals surface area contributed by atoms with Gasteiger partial charge in [-0.05, 0) is 46.1 Å². The Balaban J connectivity index is 1.76. The fourth-order valence-corrected chi connectivity index (χ4v) is 2.49. The van der Waals surface area contributed by atoms with Crippen LogP contribution in [-0.2, 0) is 12.8 Å². The summed E-state index contributed by atoms with van der Waals surface area (Å²) in [5.41, 5.74) is 8.53. The van der Waals surface area contributed by atoms with Crippen LogP contribution in [0.4, 0.5) is 5.69 Å². The number of rotatable bonds is 4. The van der Waals surface area contributed by atoms with Crippen LogP contribution >= 0.6 is 15.9 Å². The number of nitrogens with two attached hydrogens (primary N) is 1. The lowest BCUT2D eigenvalue weighted by Gasteiger charge is -2.00. The molecule has 0 bridgehead atoms. The van der Waals surface area contributed by atoms with E-state index in [0.717, 1.165) is 22.9 Å². The minimum Gasteiger partial charge on any atom is -0.399 e. The van der Waals surface area contributed by atoms with Crippen LogP contribution in [0.1, 0.15) is 11.4 Å². The zero-order chi connectivity index (χ0) is 14.7. The van der Waals surface area contributed by atoms with Gasteiger partial charge in [-0.25, -0.2) is 0 Å². The maximum Gasteiger partial charge on any atom is 0.259 e. The number of anilines is 1. The Labute approximate surface area is 131 Å². The molecule has 0 spiro atoms. The van der Waals surface area contributed by atoms with Crippen LogP contribution in [0.5, 0.6) is 0 Å². The third-order valence-electron chi connectivity index (χ3n) is 3.17. The maximum atomic E-state index is 5.80. The van der Waals surface area contributed by atoms with E-state index in [2.05, 4.69) is 38.2 Å². The van der Waals surface area contributed by atoms with Crippen molar-refractivity contribution in [3.05, 3.63) is 64.4 Å². The van der Waals surface area contributed by atoms with Crippen molar-refractivity contribution in [3.63, 3.8) is 0 Å². The first-order valence-electron chi connectivity index (χ1n) is 6.64. The van der Waals surface area contributed by atoms with Crippen molar-refractivity contribution < 1.29 is 4.52 Å². The van der Waals surface area contributed by atoms with Crippen LogP contribution in [-0.4, -0.2) is 10.1 Å². The van der Waals surface area contributed by atoms with E-state index in [4.69, 9.17) is 10.3 Å². The minimum absolute atomic E-state index is 0.484. The zero-order valence-corrected chi connectivity index (χ0v) is 12.9. The normalized spacial score (nSPS) is 10.7. The van der Waals surface area contributed by atoms with Crippen molar-refractivity contribution in [2.45, 2.75) is 12.8 Å². The van der Waals surface area contributed by atoms with Crippen LogP contribution in [0, 0.1) is 0 Å². The van der Waals surface area contributed by atoms with E-state index in [1.807, 2.05) is 36.4 Å². The number of hydrogen-bond donors (Lipinski definition) is 1. The molecule has 0 saturated carbocycles. The summed E-state index contributed by atoms with van der Waals surface area (Å²) in [5, 5.41) is 4.03. The Morgan fingerprint density at radius 3 is 2.67 bits per heavy atom. The number of nitrogens with zero attached hydrogens (tertiary/aromatic N) is 2. The Morgan fingerprint density at radius 2 is 1.86 bits per heavy atom. The second kappa shape index (κ2) is 6.10. The molecular weight excluding hydrogens is 330 g/mol. The second-order valence-electron chi connectivity index (χ2n) is 4.74. The van der Waals surface area contributed by atoms with Crippen LogP contribution in [0.2, 0.25) is 0 Å². The average Bonchev–Trinajstić information content (AvgIpc) is 2.97. The highest BCUT2D eigenvalue weighted by atomic mass is 79.9. The molecule has 0 aliphatic carbocycles. The van der Waals surface area contributed by atoms with Crippen molar-refractivity contribution in [1.82, 2.24) is 10.1 Å². The predicted molar refractivity (Wildman–Crippen MR) is 85.7 cm³/mol. The first-order chi connectivity index (χ1) is 10.2. The van der Waals surface area contributed by atoms with Gasteiger partial charge in [0.05, 0.1) is 5.56 Å². The van der Waals surface area contributed by atoms with Crippen molar-refractivity contribution in [1.29, 1.82) is 0 Å². The third kappa shape index (κ3) is 3.31. The number of aromatic nitrogens is 2. The Morgan fingerprint density at radius 1 is 1.05 bits per heavy atom. The van der Waals surface area contributed by atoms with E-state index in [1.54, 1.807) is 0 Å². The number of nitrogen functional groups attached to an aromatic ring is 1. The van der Waals surface area contributed by atoms with Crippen molar-refractivity contribution in [3.8, 4) is 11.5 Å². The highest BCUT2D eigenvalue weighted by molar-refractivity contribution is 9.10. The van der Waals surface area contributed by atoms with E-state index < -0.39 is 0 Å². The molecule has 0 atom stereocenters. The number of hydrogen-bond acceptors (Lipinski definition) is 4. The van der Waals surface area contributed by atoms with E-state index in [0.29, 0.717) is 17.4 Å². The lowest BCUT2D eigenvalue weighted by molar-refractivity contribution is 0.422. The van der Waals surface area contributed by atoms with Gasteiger partial charge in [-0.1, -0.05) is 35.5 Å². The SMILES string of the molecule is Nc1ccc(Br)c(-c2nc(CCc3ccccc3)no2)c1. The summed E-state index contributed by atoms with van der Waals surface area (Å²) >= 11 is 3.47. The summed E-state index contributed by atoms with van der Waals surface area (Å²) in [4.78, 5) is 4.43. The fraction of sp³-hybridized carbons (Fsp3) is 0.125. The Kier molecular flexibility index (Phi) is 4.01. The lowest BCUT2D eigenvalue weighted by atomic mass is 10.1. The summed E-state index contributed by atoms with van der Waals surface area (Å²) in [5.74, 6) is 1.18. The first-order valence-corrected chi connectivity index (χ1v) is 7.43. The molecular formula is C16H14BrN3O. The van der Waals surface area contributed by atoms with E-state index in [1.165, 1.54) is 5.56 Å². The molecule has 106 valence electrons. The highest BCUT2D eigenvalue weighted by Crippen LogP contribution is 2.28. The molecule has 1 aromatic heterocycles. The molecule has 3 rings (SSSR count). The molecule has 0 fully saturated rings. The topological polar surface area (TPSA) is 64.9 Å². The van der Waals surface area contributed by atoms with Gasteiger partial charge in [0.1, 0.15) is 0 Å². The summed E-state index contributed by atoms with van der Waals surface area (Å²) in [6, 6.07) is 15.8. The van der Waals surface area contributed by atoms with Gasteiger partial charge in [-0.2, -0.15) is 4.98 Å². The van der Waals surface area contributed by atoms with Gasteiger partial charge in [-0.15, -0.1) is 0 Å². The number of benzene rings is 2. The number of halogens is 1. The van der Waals surface area contributed by atoms with E-state index >= 15 is 0 Å². The molecule has 0 amide bonds. The van der Waals surface area contributed by atoms with Gasteiger partial charge >= 0.3 is 0 Å². The summed E-state index contributed by atoms with van der Waals surface area (Å²) in [6.07, 6.45) is 1.63. The third-order valence-corrected chi connectivity index (χ3v) is 3.86. The second-order valence-corrected chi connectivity index (χ2v) is 5.59. The Bertz CT molecular complexity index is 740. The summed E-state index contributed by atoms with van der Waals surface area (Å²) < 4.78 is 6.21. The molecule has 0 aliphatic rings. The molecule has 0 radical (unpaired) electrons. The standard InChI is InChI=1S/C16H14BrN3O/c17-14-8-7-12(18)10-13(14)16-19-15(20-21-16)9-6-11-4-2-1-3-5-11/h1-5,7-8,10H,6,9,18H2. The largest absolute Gasteiger partial charge is 0.399 e. The van der Waals surface area contributed by atoms with Crippen molar-refractivity contribution in [2.75, 3.05) is 5.73 Å². The Hall–Kier alpha value is -2.14. The maximum absolute atomic E-state index is 5.80. The number of aryl methyl sites for hydroxylation is 2. The monoisotopic (exact) mass is 343 g/mol. The smallest absolute Gasteiger partial charge is 0.259 e. The molecule has 2 aromatic carbocycles. The predicted octanol–water partition coefficient (Wildman–Crippen LogP) is 3.87. The van der Waals surface area contributed by atoms with Crippen molar-refractivity contribution >= 4 is 21.6 Å². The summed E-state index contributed by atoms with van der Waals surface area (Å²) in [7, 11) is 0. The first kappa shape index (κ1) is 13.8. The molecule has 21 heavy (non-hydrogen) atoms. The van der Waals surface area contributed by atoms with E-state index in [-0.39, 0.29) is 0 Å². The van der Waals surface area contributed by atoms with Gasteiger partial charge in [0.25, 0.3) is 5.89 Å². The van der Waals surface area contributed by atoms with Crippen molar-refractivity contribution in [2.24, 2.45) is 0 Å². The minimum atomic E-state index is 0.484. The molecule has 0 aliphatic heterocycles. The molecule has 5 heteroatoms. The fourth-order valence-electron chi connectivity index (χ4n) is 2.07. The van der Waals surface area contributed by atoms with E-state index in [9.17, 15) is 0 Å². The highest BCUT2D eigenvalue weighted by Gasteiger charge is 2.12. The van der Waals surface area contributed by atoms with Crippen LogP contribution in [0.15, 0.2) is 57.5 Å². The lowest BCUT2D eigenvalue weighted by Crippen LogP contribution is -1.93. The quantitative estimate of drug-likeness (QED) is 0.730. The summed E-state index contributed by atoms with van der Waals surface area (Å²) in [6.45, 7) is 0. The van der Waals surface area contributed by atoms with Crippen LogP contribution in [0.3, 0.4) is 0 Å². The molecule has 0 saturated heterocycles. The average molecular weight is 344 g/mol. The van der Waals surface area contributed by atoms with Gasteiger partial charge < -0.3 is 10.3 Å². The van der Waals surface area contributed by atoms with Crippen LogP contribution in [0.25, 0.3) is 11.5 Å². The van der Waals surface area contributed by atoms with Gasteiger partial charge in [-0.3, -0.25) is 0 Å². The van der Waals surface area contributed by atoms with Crippen LogP contribution < -0.4 is 5.73 Å². The molecule has 3 aromatic rings. The van der Waals surface area contributed by atoms with Gasteiger partial charge in [0, 0.05) is 16.6 Å². The molecule has 0 unspecified atom stereocenters. The molecule has 1 heterocycles. The molecule has 2 N–H and O–H groups in total. The molecule has 4 nitrogen and oxygen atoms in total. The zero-order valence-electron chi connectivity index (χ0n) is 11.3.